The Hall–Kier alpha value is 1.78. The van der Waals surface area contributed by atoms with Crippen molar-refractivity contribution in [3.63, 3.8) is 0 Å². The maximum Gasteiger partial charge on any atom is -1.00 e. The maximum atomic E-state index is 8.96. The summed E-state index contributed by atoms with van der Waals surface area (Å²) < 4.78 is 1.54. The van der Waals surface area contributed by atoms with Gasteiger partial charge in [-0.25, -0.2) is 0 Å². The molecular weight excluding hydrogens is 906 g/mol. The van der Waals surface area contributed by atoms with Gasteiger partial charge in [-0.2, -0.15) is 0 Å². The van der Waals surface area contributed by atoms with Crippen LogP contribution in [0, 0.1) is 0 Å². The average molecular weight is 1010 g/mol. The Kier molecular flexibility index (Phi) is 27.2. The van der Waals surface area contributed by atoms with Gasteiger partial charge in [-0.3, -0.25) is 0 Å². The van der Waals surface area contributed by atoms with Crippen molar-refractivity contribution in [1.82, 2.24) is 0 Å². The molecule has 0 N–H and O–H groups in total. The molecule has 0 radical (unpaired) electrons. The Bertz CT molecular complexity index is 878. The first-order valence-electron chi connectivity index (χ1n) is 28.2. The van der Waals surface area contributed by atoms with E-state index in [9.17, 15) is 0 Å². The van der Waals surface area contributed by atoms with Gasteiger partial charge in [0.1, 0.15) is 0 Å². The second kappa shape index (κ2) is 31.8. The van der Waals surface area contributed by atoms with Crippen molar-refractivity contribution in [2.45, 2.75) is 340 Å². The third-order valence-electron chi connectivity index (χ3n) is 18.0. The molecule has 0 aromatic heterocycles. The van der Waals surface area contributed by atoms with Crippen LogP contribution in [0.15, 0.2) is 0 Å². The molecule has 0 bridgehead atoms. The molecule has 0 heterocycles. The fourth-order valence-electron chi connectivity index (χ4n) is 15.1. The van der Waals surface area contributed by atoms with Crippen molar-refractivity contribution in [1.29, 1.82) is 0 Å². The molecule has 9 fully saturated rings. The van der Waals surface area contributed by atoms with Crippen molar-refractivity contribution < 1.29 is 21.9 Å². The third-order valence-corrected chi connectivity index (χ3v) is 30.7. The molecule has 61 heavy (non-hydrogen) atoms. The molecule has 0 aliphatic heterocycles. The zero-order valence-corrected chi connectivity index (χ0v) is 45.2. The van der Waals surface area contributed by atoms with Crippen LogP contribution in [-0.4, -0.2) is 55.4 Å². The Balaban J connectivity index is 0.000000167. The van der Waals surface area contributed by atoms with Crippen LogP contribution in [0.4, 0.5) is 0 Å². The van der Waals surface area contributed by atoms with E-state index >= 15 is 0 Å². The van der Waals surface area contributed by atoms with Crippen LogP contribution in [0.2, 0.25) is 0 Å². The van der Waals surface area contributed by atoms with E-state index in [0.29, 0.717) is 23.8 Å². The largest absolute Gasteiger partial charge is 1.00 e. The van der Waals surface area contributed by atoms with Crippen molar-refractivity contribution in [2.24, 2.45) is 0 Å². The van der Waals surface area contributed by atoms with Crippen LogP contribution in [0.5, 0.6) is 0 Å². The number of rotatable bonds is 9. The molecule has 0 unspecified atom stereocenters. The minimum absolute atomic E-state index is 0. The van der Waals surface area contributed by atoms with Gasteiger partial charge in [0, 0.05) is 0 Å². The van der Waals surface area contributed by atoms with Gasteiger partial charge >= 0.3 is 34.6 Å². The van der Waals surface area contributed by atoms with Gasteiger partial charge in [0.05, 0.1) is 0 Å². The SMILES string of the molecule is C1CCC(P(C2CCCCC2)C2CCCCC2)CC1.C1CCC(P(C2CCCCC2)C2CCCCC2)CC1.C1CCC(P(C2CCCCC2)C2CCCCC2)CC1.O=[C]=[Ru+][Cl].[H-]. The molecule has 0 saturated heterocycles. The minimum atomic E-state index is -0.594. The summed E-state index contributed by atoms with van der Waals surface area (Å²) in [5.74, 6) is 0. The summed E-state index contributed by atoms with van der Waals surface area (Å²) in [6.45, 7) is 0. The Morgan fingerprint density at radius 1 is 0.262 bits per heavy atom. The molecule has 1 nitrogen and oxygen atoms in total. The summed E-state index contributed by atoms with van der Waals surface area (Å²) in [6, 6.07) is 0. The first kappa shape index (κ1) is 52.2. The average Bonchev–Trinajstić information content (AvgIpc) is 3.35. The Morgan fingerprint density at radius 3 is 0.443 bits per heavy atom. The summed E-state index contributed by atoms with van der Waals surface area (Å²) in [5.41, 5.74) is 10.7. The van der Waals surface area contributed by atoms with Gasteiger partial charge in [-0.15, -0.1) is 0 Å². The standard InChI is InChI=1S/3C18H33P.CO.ClH.Ru.H/c3*1-4-10-16(11-5-1)19(17-12-6-2-7-13-17)18-14-8-3-9-15-18;1-2;;;/h3*16-18H,1-15H2;;1H;;/q;;;;;+2;-1/p-1. The minimum Gasteiger partial charge on any atom is -1.00 e. The van der Waals surface area contributed by atoms with Crippen molar-refractivity contribution in [3.05, 3.63) is 0 Å². The third kappa shape index (κ3) is 18.0. The van der Waals surface area contributed by atoms with Gasteiger partial charge in [0.15, 0.2) is 0 Å². The van der Waals surface area contributed by atoms with Gasteiger partial charge < -0.3 is 1.43 Å². The van der Waals surface area contributed by atoms with Crippen LogP contribution in [0.1, 0.15) is 290 Å². The normalized spacial score (nSPS) is 27.3. The van der Waals surface area contributed by atoms with E-state index in [1.165, 1.54) is 113 Å². The van der Waals surface area contributed by atoms with Crippen molar-refractivity contribution in [2.75, 3.05) is 0 Å². The summed E-state index contributed by atoms with van der Waals surface area (Å²) in [7, 11) is 6.01. The van der Waals surface area contributed by atoms with Crippen molar-refractivity contribution >= 4 is 37.9 Å². The fraction of sp³-hybridized carbons (Fsp3) is 0.982. The van der Waals surface area contributed by atoms with Gasteiger partial charge in [0.2, 0.25) is 0 Å². The van der Waals surface area contributed by atoms with Crippen LogP contribution < -0.4 is 0 Å². The second-order valence-corrected chi connectivity index (χ2v) is 32.8. The van der Waals surface area contributed by atoms with E-state index in [-0.39, 0.29) is 1.43 Å². The number of hydrogen-bond acceptors (Lipinski definition) is 1. The van der Waals surface area contributed by atoms with Gasteiger partial charge in [0.25, 0.3) is 0 Å². The zero-order valence-electron chi connectivity index (χ0n) is 41.0. The van der Waals surface area contributed by atoms with Gasteiger partial charge in [-0.1, -0.05) is 197 Å². The number of halogens is 1. The molecule has 0 aromatic carbocycles. The summed E-state index contributed by atoms with van der Waals surface area (Å²) in [5, 5.41) is 0. The number of carbonyl (C=O) groups excluding carboxylic acids is 1. The van der Waals surface area contributed by atoms with E-state index in [0.717, 1.165) is 0 Å². The first-order chi connectivity index (χ1) is 30.3. The predicted octanol–water partition coefficient (Wildman–Crippen LogP) is 19.8. The van der Waals surface area contributed by atoms with Crippen LogP contribution >= 0.6 is 33.5 Å². The van der Waals surface area contributed by atoms with Crippen molar-refractivity contribution in [3.8, 4) is 0 Å². The molecule has 9 aliphatic rings. The molecular formula is C55H100ClOP3Ru. The summed E-state index contributed by atoms with van der Waals surface area (Å²) >= 11 is -0.594. The summed E-state index contributed by atoms with van der Waals surface area (Å²) in [4.78, 5) is 8.96. The predicted molar refractivity (Wildman–Crippen MR) is 275 cm³/mol. The van der Waals surface area contributed by atoms with E-state index in [2.05, 4.69) is 0 Å². The first-order valence-corrected chi connectivity index (χ1v) is 35.9. The number of hydrogen-bond donors (Lipinski definition) is 0. The zero-order chi connectivity index (χ0) is 42.2. The molecule has 9 aliphatic carbocycles. The van der Waals surface area contributed by atoms with Gasteiger partial charge in [-0.05, 0) is 167 Å². The Morgan fingerprint density at radius 2 is 0.361 bits per heavy atom. The topological polar surface area (TPSA) is 17.1 Å². The Labute approximate surface area is 397 Å². The molecule has 9 rings (SSSR count). The monoisotopic (exact) mass is 1010 g/mol. The van der Waals surface area contributed by atoms with E-state index in [1.54, 1.807) is 231 Å². The fourth-order valence-corrected chi connectivity index (χ4v) is 29.1. The molecule has 0 amide bonds. The van der Waals surface area contributed by atoms with E-state index in [1.807, 2.05) is 0 Å². The van der Waals surface area contributed by atoms with Crippen LogP contribution in [0.3, 0.4) is 0 Å². The smallest absolute Gasteiger partial charge is 1.00 e. The molecule has 0 aromatic rings. The second-order valence-electron chi connectivity index (χ2n) is 22.1. The maximum absolute atomic E-state index is 8.96. The summed E-state index contributed by atoms with van der Waals surface area (Å²) in [6.07, 6.45) is 70.9. The molecule has 356 valence electrons. The quantitative estimate of drug-likeness (QED) is 0.166. The van der Waals surface area contributed by atoms with E-state index in [4.69, 9.17) is 14.5 Å². The molecule has 0 spiro atoms. The van der Waals surface area contributed by atoms with E-state index < -0.39 is 15.7 Å². The van der Waals surface area contributed by atoms with Crippen LogP contribution in [0.25, 0.3) is 0 Å². The molecule has 0 atom stereocenters. The molecule has 6 heteroatoms. The van der Waals surface area contributed by atoms with Crippen LogP contribution in [-0.2, 0) is 20.5 Å². The molecule has 9 saturated carbocycles.